The molecule has 0 atom stereocenters. The number of nitrogens with zero attached hydrogens (tertiary/aromatic N) is 2. The Morgan fingerprint density at radius 3 is 1.38 bits per heavy atom. The third-order valence-electron chi connectivity index (χ3n) is 5.36. The van der Waals surface area contributed by atoms with Gasteiger partial charge in [-0.3, -0.25) is 4.90 Å². The summed E-state index contributed by atoms with van der Waals surface area (Å²) in [4.78, 5) is 2.62. The van der Waals surface area contributed by atoms with Crippen molar-refractivity contribution in [3.63, 3.8) is 0 Å². The molecule has 3 aliphatic heterocycles. The van der Waals surface area contributed by atoms with Crippen molar-refractivity contribution in [1.29, 1.82) is 0 Å². The molecule has 2 aromatic rings. The normalized spacial score (nSPS) is 24.9. The van der Waals surface area contributed by atoms with Crippen LogP contribution in [0.15, 0.2) is 60.7 Å². The Hall–Kier alpha value is -1.86. The maximum absolute atomic E-state index is 9.75. The van der Waals surface area contributed by atoms with Crippen LogP contribution in [0.1, 0.15) is 17.2 Å². The van der Waals surface area contributed by atoms with E-state index >= 15 is 0 Å². The molecule has 0 N–H and O–H groups in total. The van der Waals surface area contributed by atoms with Gasteiger partial charge in [-0.2, -0.15) is 0 Å². The number of benzene rings is 2. The largest absolute Gasteiger partial charge is 0.673 e. The SMILES string of the molecule is F[B-](F)(F)F.c1ccc(C(c2ccccc2)[N+]23CCN(CC2)CC3)cc1. The summed E-state index contributed by atoms with van der Waals surface area (Å²) in [6, 6.07) is 22.7. The Bertz CT molecular complexity index is 626. The zero-order chi connectivity index (χ0) is 18.6. The number of rotatable bonds is 3. The first-order valence-electron chi connectivity index (χ1n) is 8.93. The van der Waals surface area contributed by atoms with E-state index in [4.69, 9.17) is 0 Å². The van der Waals surface area contributed by atoms with Crippen molar-refractivity contribution >= 4 is 7.25 Å². The van der Waals surface area contributed by atoms with Crippen LogP contribution in [0.25, 0.3) is 0 Å². The minimum Gasteiger partial charge on any atom is -0.418 e. The van der Waals surface area contributed by atoms with E-state index in [-0.39, 0.29) is 0 Å². The molecule has 0 amide bonds. The van der Waals surface area contributed by atoms with Gasteiger partial charge in [0, 0.05) is 30.8 Å². The topological polar surface area (TPSA) is 3.24 Å². The van der Waals surface area contributed by atoms with Crippen LogP contribution in [-0.4, -0.2) is 55.9 Å². The van der Waals surface area contributed by atoms with Gasteiger partial charge >= 0.3 is 7.25 Å². The molecule has 2 nitrogen and oxygen atoms in total. The minimum absolute atomic E-state index is 0.495. The second-order valence-corrected chi connectivity index (χ2v) is 6.95. The Balaban J connectivity index is 0.000000349. The minimum atomic E-state index is -6.00. The summed E-state index contributed by atoms with van der Waals surface area (Å²) in [7, 11) is -6.00. The molecule has 140 valence electrons. The van der Waals surface area contributed by atoms with Crippen molar-refractivity contribution in [2.45, 2.75) is 6.04 Å². The molecule has 3 heterocycles. The number of piperazine rings is 3. The molecular formula is C19H23BF4N2. The number of hydrogen-bond acceptors (Lipinski definition) is 1. The molecule has 0 radical (unpaired) electrons. The Labute approximate surface area is 151 Å². The fraction of sp³-hybridized carbons (Fsp3) is 0.368. The Kier molecular flexibility index (Phi) is 5.68. The first kappa shape index (κ1) is 18.9. The lowest BCUT2D eigenvalue weighted by molar-refractivity contribution is -0.963. The highest BCUT2D eigenvalue weighted by Gasteiger charge is 2.45. The summed E-state index contributed by atoms with van der Waals surface area (Å²) in [5, 5.41) is 0. The van der Waals surface area contributed by atoms with E-state index in [1.165, 1.54) is 54.9 Å². The van der Waals surface area contributed by atoms with E-state index in [9.17, 15) is 17.3 Å². The summed E-state index contributed by atoms with van der Waals surface area (Å²) in [5.41, 5.74) is 2.94. The van der Waals surface area contributed by atoms with E-state index in [2.05, 4.69) is 65.6 Å². The zero-order valence-corrected chi connectivity index (χ0v) is 14.6. The molecule has 0 spiro atoms. The van der Waals surface area contributed by atoms with Gasteiger partial charge in [-0.25, -0.2) is 0 Å². The molecule has 2 aromatic carbocycles. The maximum atomic E-state index is 9.75. The van der Waals surface area contributed by atoms with Crippen LogP contribution in [-0.2, 0) is 0 Å². The van der Waals surface area contributed by atoms with Gasteiger partial charge in [0.1, 0.15) is 6.04 Å². The van der Waals surface area contributed by atoms with Crippen molar-refractivity contribution < 1.29 is 21.7 Å². The number of fused-ring (bicyclic) bond motifs is 3. The van der Waals surface area contributed by atoms with Gasteiger partial charge in [0.05, 0.1) is 19.6 Å². The highest BCUT2D eigenvalue weighted by molar-refractivity contribution is 6.50. The molecule has 0 unspecified atom stereocenters. The highest BCUT2D eigenvalue weighted by Crippen LogP contribution is 2.38. The van der Waals surface area contributed by atoms with E-state index in [0.717, 1.165) is 0 Å². The smallest absolute Gasteiger partial charge is 0.418 e. The third kappa shape index (κ3) is 4.65. The molecule has 0 saturated carbocycles. The molecule has 7 heteroatoms. The standard InChI is InChI=1S/C19H23N2.BF4/c1-3-7-17(8-4-1)19(18-9-5-2-6-10-18)21-14-11-20(12-15-21)13-16-21;2-1(3,4)5/h1-10,19H,11-16H2;/q+1;-1. The number of halogens is 4. The molecule has 3 fully saturated rings. The van der Waals surface area contributed by atoms with E-state index in [0.29, 0.717) is 6.04 Å². The van der Waals surface area contributed by atoms with Crippen LogP contribution in [0.5, 0.6) is 0 Å². The summed E-state index contributed by atoms with van der Waals surface area (Å²) >= 11 is 0. The van der Waals surface area contributed by atoms with Gasteiger partial charge in [0.15, 0.2) is 0 Å². The quantitative estimate of drug-likeness (QED) is 0.447. The molecular weight excluding hydrogens is 343 g/mol. The van der Waals surface area contributed by atoms with Gasteiger partial charge in [0.25, 0.3) is 0 Å². The maximum Gasteiger partial charge on any atom is 0.673 e. The van der Waals surface area contributed by atoms with E-state index in [1.54, 1.807) is 0 Å². The van der Waals surface area contributed by atoms with E-state index in [1.807, 2.05) is 0 Å². The lowest BCUT2D eigenvalue weighted by Crippen LogP contribution is -2.68. The monoisotopic (exact) mass is 366 g/mol. The fourth-order valence-electron chi connectivity index (χ4n) is 4.18. The first-order chi connectivity index (χ1) is 12.4. The predicted octanol–water partition coefficient (Wildman–Crippen LogP) is 4.22. The molecule has 3 saturated heterocycles. The summed E-state index contributed by atoms with van der Waals surface area (Å²) < 4.78 is 40.2. The van der Waals surface area contributed by atoms with Crippen LogP contribution < -0.4 is 0 Å². The van der Waals surface area contributed by atoms with Gasteiger partial charge in [-0.15, -0.1) is 0 Å². The van der Waals surface area contributed by atoms with Gasteiger partial charge in [0.2, 0.25) is 0 Å². The van der Waals surface area contributed by atoms with Crippen molar-refractivity contribution in [1.82, 2.24) is 4.90 Å². The van der Waals surface area contributed by atoms with Gasteiger partial charge in [-0.1, -0.05) is 60.7 Å². The summed E-state index contributed by atoms with van der Waals surface area (Å²) in [5.74, 6) is 0. The fourth-order valence-corrected chi connectivity index (χ4v) is 4.18. The Morgan fingerprint density at radius 1 is 0.692 bits per heavy atom. The average Bonchev–Trinajstić information content (AvgIpc) is 2.64. The molecule has 5 rings (SSSR count). The molecule has 0 aliphatic carbocycles. The average molecular weight is 366 g/mol. The first-order valence-corrected chi connectivity index (χ1v) is 8.93. The number of hydrogen-bond donors (Lipinski definition) is 0. The van der Waals surface area contributed by atoms with E-state index < -0.39 is 7.25 Å². The molecule has 0 aromatic heterocycles. The molecule has 2 bridgehead atoms. The predicted molar refractivity (Wildman–Crippen MR) is 96.2 cm³/mol. The Morgan fingerprint density at radius 2 is 1.04 bits per heavy atom. The van der Waals surface area contributed by atoms with Gasteiger partial charge in [-0.05, 0) is 0 Å². The van der Waals surface area contributed by atoms with Crippen molar-refractivity contribution in [2.75, 3.05) is 39.3 Å². The third-order valence-corrected chi connectivity index (χ3v) is 5.36. The van der Waals surface area contributed by atoms with Crippen LogP contribution in [0.2, 0.25) is 0 Å². The lowest BCUT2D eigenvalue weighted by Gasteiger charge is -2.54. The second kappa shape index (κ2) is 7.80. The number of quaternary nitrogens is 1. The van der Waals surface area contributed by atoms with Crippen LogP contribution in [0.4, 0.5) is 17.3 Å². The van der Waals surface area contributed by atoms with Crippen molar-refractivity contribution in [2.24, 2.45) is 0 Å². The van der Waals surface area contributed by atoms with Crippen LogP contribution in [0.3, 0.4) is 0 Å². The van der Waals surface area contributed by atoms with Crippen LogP contribution in [0, 0.1) is 0 Å². The zero-order valence-electron chi connectivity index (χ0n) is 14.6. The highest BCUT2D eigenvalue weighted by atomic mass is 19.5. The van der Waals surface area contributed by atoms with Crippen LogP contribution >= 0.6 is 0 Å². The summed E-state index contributed by atoms with van der Waals surface area (Å²) in [6.07, 6.45) is 0. The molecule has 26 heavy (non-hydrogen) atoms. The lowest BCUT2D eigenvalue weighted by atomic mass is 9.92. The van der Waals surface area contributed by atoms with Gasteiger partial charge < -0.3 is 21.7 Å². The summed E-state index contributed by atoms with van der Waals surface area (Å²) in [6.45, 7) is 7.64. The van der Waals surface area contributed by atoms with Crippen molar-refractivity contribution in [3.05, 3.63) is 71.8 Å². The molecule has 3 aliphatic rings. The van der Waals surface area contributed by atoms with Crippen molar-refractivity contribution in [3.8, 4) is 0 Å². The second-order valence-electron chi connectivity index (χ2n) is 6.95.